The fourth-order valence-electron chi connectivity index (χ4n) is 3.43. The van der Waals surface area contributed by atoms with Gasteiger partial charge in [-0.25, -0.2) is 12.8 Å². The first kappa shape index (κ1) is 21.3. The molecule has 1 saturated carbocycles. The van der Waals surface area contributed by atoms with E-state index < -0.39 is 21.3 Å². The molecule has 2 N–H and O–H groups in total. The summed E-state index contributed by atoms with van der Waals surface area (Å²) in [6, 6.07) is 19.6. The maximum absolute atomic E-state index is 13.3. The van der Waals surface area contributed by atoms with Gasteiger partial charge in [0.1, 0.15) is 5.82 Å². The van der Waals surface area contributed by atoms with Crippen molar-refractivity contribution >= 4 is 33.2 Å². The van der Waals surface area contributed by atoms with E-state index in [0.717, 1.165) is 42.2 Å². The van der Waals surface area contributed by atoms with Crippen molar-refractivity contribution in [1.29, 1.82) is 0 Å². The second kappa shape index (κ2) is 8.32. The summed E-state index contributed by atoms with van der Waals surface area (Å²) in [6.07, 6.45) is 1.49. The van der Waals surface area contributed by atoms with E-state index in [2.05, 4.69) is 10.0 Å². The zero-order valence-corrected chi connectivity index (χ0v) is 18.0. The Labute approximate surface area is 185 Å². The first-order chi connectivity index (χ1) is 14.8. The van der Waals surface area contributed by atoms with Crippen molar-refractivity contribution in [2.75, 3.05) is 4.72 Å². The number of rotatable bonds is 7. The van der Waals surface area contributed by atoms with Crippen LogP contribution in [0.25, 0.3) is 0 Å². The molecule has 0 aromatic heterocycles. The Morgan fingerprint density at radius 3 is 2.29 bits per heavy atom. The average molecular weight is 459 g/mol. The first-order valence-corrected chi connectivity index (χ1v) is 11.6. The molecule has 3 aromatic carbocycles. The third kappa shape index (κ3) is 4.57. The van der Waals surface area contributed by atoms with E-state index in [1.165, 1.54) is 0 Å². The highest BCUT2D eigenvalue weighted by molar-refractivity contribution is 7.92. The molecule has 0 spiro atoms. The molecule has 0 unspecified atom stereocenters. The van der Waals surface area contributed by atoms with Gasteiger partial charge in [0.05, 0.1) is 15.3 Å². The third-order valence-electron chi connectivity index (χ3n) is 5.37. The number of halogens is 2. The van der Waals surface area contributed by atoms with Gasteiger partial charge in [0.25, 0.3) is 10.0 Å². The lowest BCUT2D eigenvalue weighted by molar-refractivity contribution is -0.123. The lowest BCUT2D eigenvalue weighted by Gasteiger charge is -2.17. The lowest BCUT2D eigenvalue weighted by Crippen LogP contribution is -2.34. The van der Waals surface area contributed by atoms with Crippen LogP contribution in [0.15, 0.2) is 77.7 Å². The van der Waals surface area contributed by atoms with Gasteiger partial charge in [-0.3, -0.25) is 9.52 Å². The van der Waals surface area contributed by atoms with Crippen molar-refractivity contribution in [1.82, 2.24) is 5.32 Å². The maximum atomic E-state index is 13.3. The molecule has 0 radical (unpaired) electrons. The second-order valence-electron chi connectivity index (χ2n) is 7.51. The van der Waals surface area contributed by atoms with Crippen molar-refractivity contribution < 1.29 is 17.6 Å². The molecule has 4 rings (SSSR count). The number of carbonyl (C=O) groups excluding carboxylic acids is 1. The Balaban J connectivity index is 1.45. The van der Waals surface area contributed by atoms with Crippen molar-refractivity contribution in [2.24, 2.45) is 0 Å². The molecule has 5 nitrogen and oxygen atoms in total. The number of hydrogen-bond acceptors (Lipinski definition) is 3. The molecule has 0 bridgehead atoms. The quantitative estimate of drug-likeness (QED) is 0.542. The Hall–Kier alpha value is -2.90. The average Bonchev–Trinajstić information content (AvgIpc) is 3.57. The van der Waals surface area contributed by atoms with E-state index in [0.29, 0.717) is 12.2 Å². The van der Waals surface area contributed by atoms with Crippen LogP contribution in [0.1, 0.15) is 24.0 Å². The van der Waals surface area contributed by atoms with Gasteiger partial charge in [0.15, 0.2) is 0 Å². The van der Waals surface area contributed by atoms with Gasteiger partial charge in [0, 0.05) is 12.2 Å². The summed E-state index contributed by atoms with van der Waals surface area (Å²) in [6.45, 7) is 0.458. The Morgan fingerprint density at radius 1 is 1.00 bits per heavy atom. The SMILES string of the molecule is O=C(NCc1ccccc1)C1(c2ccc(NS(=O)(=O)c3ccc(F)c(Cl)c3)cc2)CC1. The standard InChI is InChI=1S/C23H20ClFN2O3S/c24-20-14-19(10-11-21(20)25)31(29,30)27-18-8-6-17(7-9-18)23(12-13-23)22(28)26-15-16-4-2-1-3-5-16/h1-11,14,27H,12-13,15H2,(H,26,28). The summed E-state index contributed by atoms with van der Waals surface area (Å²) in [5.41, 5.74) is 1.63. The van der Waals surface area contributed by atoms with Crippen LogP contribution in [0.2, 0.25) is 5.02 Å². The van der Waals surface area contributed by atoms with Crippen LogP contribution in [0.4, 0.5) is 10.1 Å². The number of benzene rings is 3. The molecule has 1 aliphatic carbocycles. The van der Waals surface area contributed by atoms with Gasteiger partial charge < -0.3 is 5.32 Å². The topological polar surface area (TPSA) is 75.3 Å². The predicted octanol–water partition coefficient (Wildman–Crippen LogP) is 4.63. The molecule has 8 heteroatoms. The molecule has 1 aliphatic rings. The number of amides is 1. The van der Waals surface area contributed by atoms with Crippen molar-refractivity contribution in [3.8, 4) is 0 Å². The highest BCUT2D eigenvalue weighted by atomic mass is 35.5. The smallest absolute Gasteiger partial charge is 0.261 e. The van der Waals surface area contributed by atoms with Gasteiger partial charge in [-0.1, -0.05) is 54.1 Å². The first-order valence-electron chi connectivity index (χ1n) is 9.71. The molecule has 160 valence electrons. The van der Waals surface area contributed by atoms with E-state index in [1.54, 1.807) is 24.3 Å². The van der Waals surface area contributed by atoms with E-state index >= 15 is 0 Å². The number of sulfonamides is 1. The molecular weight excluding hydrogens is 439 g/mol. The number of nitrogens with one attached hydrogen (secondary N) is 2. The number of carbonyl (C=O) groups is 1. The van der Waals surface area contributed by atoms with Crippen LogP contribution in [0.5, 0.6) is 0 Å². The Bertz CT molecular complexity index is 1210. The van der Waals surface area contributed by atoms with Crippen molar-refractivity contribution in [3.05, 3.63) is 94.8 Å². The van der Waals surface area contributed by atoms with E-state index in [-0.39, 0.29) is 15.8 Å². The summed E-state index contributed by atoms with van der Waals surface area (Å²) >= 11 is 5.69. The van der Waals surface area contributed by atoms with Crippen LogP contribution in [-0.4, -0.2) is 14.3 Å². The minimum atomic E-state index is -3.92. The highest BCUT2D eigenvalue weighted by Gasteiger charge is 2.51. The highest BCUT2D eigenvalue weighted by Crippen LogP contribution is 2.48. The van der Waals surface area contributed by atoms with Crippen LogP contribution in [-0.2, 0) is 26.8 Å². The predicted molar refractivity (Wildman–Crippen MR) is 118 cm³/mol. The molecule has 1 fully saturated rings. The molecule has 0 saturated heterocycles. The van der Waals surface area contributed by atoms with E-state index in [4.69, 9.17) is 11.6 Å². The molecular formula is C23H20ClFN2O3S. The Kier molecular flexibility index (Phi) is 5.73. The minimum absolute atomic E-state index is 0.0364. The molecule has 1 amide bonds. The Morgan fingerprint density at radius 2 is 1.68 bits per heavy atom. The zero-order chi connectivity index (χ0) is 22.1. The van der Waals surface area contributed by atoms with Gasteiger partial charge in [-0.05, 0) is 54.3 Å². The zero-order valence-electron chi connectivity index (χ0n) is 16.4. The summed E-state index contributed by atoms with van der Waals surface area (Å²) in [5, 5.41) is 2.72. The van der Waals surface area contributed by atoms with Gasteiger partial charge in [0.2, 0.25) is 5.91 Å². The van der Waals surface area contributed by atoms with Crippen LogP contribution in [0.3, 0.4) is 0 Å². The van der Waals surface area contributed by atoms with Crippen molar-refractivity contribution in [3.63, 3.8) is 0 Å². The summed E-state index contributed by atoms with van der Waals surface area (Å²) < 4.78 is 40.8. The molecule has 3 aromatic rings. The van der Waals surface area contributed by atoms with Gasteiger partial charge in [-0.2, -0.15) is 0 Å². The molecule has 0 aliphatic heterocycles. The summed E-state index contributed by atoms with van der Waals surface area (Å²) in [7, 11) is -3.92. The van der Waals surface area contributed by atoms with Gasteiger partial charge >= 0.3 is 0 Å². The van der Waals surface area contributed by atoms with Crippen LogP contribution >= 0.6 is 11.6 Å². The monoisotopic (exact) mass is 458 g/mol. The fourth-order valence-corrected chi connectivity index (χ4v) is 4.76. The number of anilines is 1. The largest absolute Gasteiger partial charge is 0.351 e. The van der Waals surface area contributed by atoms with Gasteiger partial charge in [-0.15, -0.1) is 0 Å². The third-order valence-corrected chi connectivity index (χ3v) is 7.04. The second-order valence-corrected chi connectivity index (χ2v) is 9.60. The minimum Gasteiger partial charge on any atom is -0.351 e. The molecule has 31 heavy (non-hydrogen) atoms. The lowest BCUT2D eigenvalue weighted by atomic mass is 9.94. The van der Waals surface area contributed by atoms with Crippen LogP contribution < -0.4 is 10.0 Å². The number of hydrogen-bond donors (Lipinski definition) is 2. The molecule has 0 heterocycles. The van der Waals surface area contributed by atoms with Crippen LogP contribution in [0, 0.1) is 5.82 Å². The van der Waals surface area contributed by atoms with E-state index in [1.807, 2.05) is 30.3 Å². The maximum Gasteiger partial charge on any atom is 0.261 e. The van der Waals surface area contributed by atoms with Crippen molar-refractivity contribution in [2.45, 2.75) is 29.7 Å². The van der Waals surface area contributed by atoms with E-state index in [9.17, 15) is 17.6 Å². The molecule has 0 atom stereocenters. The fraction of sp³-hybridized carbons (Fsp3) is 0.174. The summed E-state index contributed by atoms with van der Waals surface area (Å²) in [5.74, 6) is -0.726. The summed E-state index contributed by atoms with van der Waals surface area (Å²) in [4.78, 5) is 12.7. The normalized spacial score (nSPS) is 14.6.